The van der Waals surface area contributed by atoms with Crippen molar-refractivity contribution in [2.45, 2.75) is 38.5 Å². The molecule has 1 aromatic heterocycles. The van der Waals surface area contributed by atoms with Crippen molar-refractivity contribution < 1.29 is 9.32 Å². The molecule has 1 aliphatic heterocycles. The van der Waals surface area contributed by atoms with E-state index in [2.05, 4.69) is 36.1 Å². The van der Waals surface area contributed by atoms with E-state index in [4.69, 9.17) is 16.1 Å². The average Bonchev–Trinajstić information content (AvgIpc) is 3.35. The molecular weight excluding hydrogens is 386 g/mol. The van der Waals surface area contributed by atoms with Crippen LogP contribution in [0.1, 0.15) is 49.1 Å². The standard InChI is InChI=1S/C23H24ClN3O2/c1-15(2)17-5-7-18(8-6-17)22-25-23(29-26-22)19-13-21(28)27(14-19)12-11-16-3-9-20(24)10-4-16/h3-10,15,19H,11-14H2,1-2H3. The van der Waals surface area contributed by atoms with Gasteiger partial charge < -0.3 is 9.42 Å². The zero-order chi connectivity index (χ0) is 20.4. The number of hydrogen-bond acceptors (Lipinski definition) is 4. The Hall–Kier alpha value is -2.66. The molecule has 1 aliphatic rings. The first-order valence-corrected chi connectivity index (χ1v) is 10.3. The summed E-state index contributed by atoms with van der Waals surface area (Å²) in [6, 6.07) is 16.0. The van der Waals surface area contributed by atoms with E-state index in [0.717, 1.165) is 22.6 Å². The molecule has 150 valence electrons. The van der Waals surface area contributed by atoms with E-state index in [1.807, 2.05) is 41.3 Å². The summed E-state index contributed by atoms with van der Waals surface area (Å²) >= 11 is 5.93. The van der Waals surface area contributed by atoms with Crippen molar-refractivity contribution in [2.75, 3.05) is 13.1 Å². The Morgan fingerprint density at radius 2 is 1.86 bits per heavy atom. The van der Waals surface area contributed by atoms with Gasteiger partial charge in [-0.2, -0.15) is 4.98 Å². The van der Waals surface area contributed by atoms with Gasteiger partial charge in [-0.3, -0.25) is 4.79 Å². The lowest BCUT2D eigenvalue weighted by atomic mass is 10.0. The van der Waals surface area contributed by atoms with Crippen molar-refractivity contribution in [3.05, 3.63) is 70.6 Å². The van der Waals surface area contributed by atoms with Gasteiger partial charge >= 0.3 is 0 Å². The van der Waals surface area contributed by atoms with Gasteiger partial charge in [0.05, 0.1) is 5.92 Å². The molecule has 1 amide bonds. The molecule has 0 saturated carbocycles. The highest BCUT2D eigenvalue weighted by Gasteiger charge is 2.34. The van der Waals surface area contributed by atoms with Crippen LogP contribution in [0.3, 0.4) is 0 Å². The Balaban J connectivity index is 1.39. The van der Waals surface area contributed by atoms with Crippen molar-refractivity contribution in [3.8, 4) is 11.4 Å². The normalized spacial score (nSPS) is 16.8. The lowest BCUT2D eigenvalue weighted by Crippen LogP contribution is -2.27. The summed E-state index contributed by atoms with van der Waals surface area (Å²) < 4.78 is 5.50. The largest absolute Gasteiger partial charge is 0.342 e. The molecule has 1 saturated heterocycles. The number of halogens is 1. The number of likely N-dealkylation sites (tertiary alicyclic amines) is 1. The summed E-state index contributed by atoms with van der Waals surface area (Å²) in [5, 5.41) is 4.85. The van der Waals surface area contributed by atoms with Gasteiger partial charge in [-0.05, 0) is 35.6 Å². The number of nitrogens with zero attached hydrogens (tertiary/aromatic N) is 3. The SMILES string of the molecule is CC(C)c1ccc(-c2noc(C3CC(=O)N(CCc4ccc(Cl)cc4)C3)n2)cc1. The molecule has 0 radical (unpaired) electrons. The van der Waals surface area contributed by atoms with Gasteiger partial charge in [0.15, 0.2) is 0 Å². The molecule has 0 aliphatic carbocycles. The second kappa shape index (κ2) is 8.37. The van der Waals surface area contributed by atoms with E-state index in [-0.39, 0.29) is 11.8 Å². The number of amides is 1. The fraction of sp³-hybridized carbons (Fsp3) is 0.348. The number of carbonyl (C=O) groups is 1. The summed E-state index contributed by atoms with van der Waals surface area (Å²) in [5.41, 5.74) is 3.36. The van der Waals surface area contributed by atoms with Crippen LogP contribution < -0.4 is 0 Å². The van der Waals surface area contributed by atoms with Crippen LogP contribution in [-0.2, 0) is 11.2 Å². The molecule has 2 heterocycles. The Bertz CT molecular complexity index is 980. The van der Waals surface area contributed by atoms with Gasteiger partial charge in [-0.25, -0.2) is 0 Å². The third kappa shape index (κ3) is 4.51. The number of carbonyl (C=O) groups excluding carboxylic acids is 1. The van der Waals surface area contributed by atoms with Gasteiger partial charge in [-0.15, -0.1) is 0 Å². The maximum absolute atomic E-state index is 12.4. The Morgan fingerprint density at radius 3 is 2.55 bits per heavy atom. The summed E-state index contributed by atoms with van der Waals surface area (Å²) in [5.74, 6) is 1.67. The lowest BCUT2D eigenvalue weighted by Gasteiger charge is -2.15. The van der Waals surface area contributed by atoms with Crippen molar-refractivity contribution in [1.29, 1.82) is 0 Å². The van der Waals surface area contributed by atoms with Gasteiger partial charge in [-0.1, -0.05) is 67.0 Å². The molecular formula is C23H24ClN3O2. The second-order valence-electron chi connectivity index (χ2n) is 7.85. The zero-order valence-corrected chi connectivity index (χ0v) is 17.4. The monoisotopic (exact) mass is 409 g/mol. The highest BCUT2D eigenvalue weighted by atomic mass is 35.5. The first-order chi connectivity index (χ1) is 14.0. The maximum atomic E-state index is 12.4. The van der Waals surface area contributed by atoms with Crippen LogP contribution in [0.2, 0.25) is 5.02 Å². The first-order valence-electron chi connectivity index (χ1n) is 9.96. The molecule has 5 nitrogen and oxygen atoms in total. The summed E-state index contributed by atoms with van der Waals surface area (Å²) in [4.78, 5) is 18.9. The predicted octanol–water partition coefficient (Wildman–Crippen LogP) is 5.07. The first kappa shape index (κ1) is 19.6. The van der Waals surface area contributed by atoms with Crippen molar-refractivity contribution in [1.82, 2.24) is 15.0 Å². The number of benzene rings is 2. The van der Waals surface area contributed by atoms with Crippen molar-refractivity contribution in [2.24, 2.45) is 0 Å². The molecule has 1 unspecified atom stereocenters. The molecule has 0 bridgehead atoms. The van der Waals surface area contributed by atoms with Crippen LogP contribution in [-0.4, -0.2) is 34.0 Å². The molecule has 29 heavy (non-hydrogen) atoms. The van der Waals surface area contributed by atoms with E-state index in [1.54, 1.807) is 0 Å². The highest BCUT2D eigenvalue weighted by molar-refractivity contribution is 6.30. The topological polar surface area (TPSA) is 59.2 Å². The van der Waals surface area contributed by atoms with E-state index >= 15 is 0 Å². The van der Waals surface area contributed by atoms with Crippen molar-refractivity contribution >= 4 is 17.5 Å². The fourth-order valence-electron chi connectivity index (χ4n) is 3.60. The summed E-state index contributed by atoms with van der Waals surface area (Å²) in [6.45, 7) is 5.61. The molecule has 1 atom stereocenters. The molecule has 4 rings (SSSR count). The average molecular weight is 410 g/mol. The molecule has 2 aromatic carbocycles. The minimum atomic E-state index is -0.0519. The number of aromatic nitrogens is 2. The molecule has 3 aromatic rings. The van der Waals surface area contributed by atoms with E-state index < -0.39 is 0 Å². The van der Waals surface area contributed by atoms with Crippen LogP contribution in [0.5, 0.6) is 0 Å². The van der Waals surface area contributed by atoms with E-state index in [1.165, 1.54) is 5.56 Å². The van der Waals surface area contributed by atoms with E-state index in [0.29, 0.717) is 37.1 Å². The smallest absolute Gasteiger partial charge is 0.232 e. The third-order valence-electron chi connectivity index (χ3n) is 5.42. The third-order valence-corrected chi connectivity index (χ3v) is 5.68. The van der Waals surface area contributed by atoms with Gasteiger partial charge in [0.1, 0.15) is 0 Å². The fourth-order valence-corrected chi connectivity index (χ4v) is 3.73. The van der Waals surface area contributed by atoms with Gasteiger partial charge in [0.2, 0.25) is 17.6 Å². The summed E-state index contributed by atoms with van der Waals surface area (Å²) in [7, 11) is 0. The van der Waals surface area contributed by atoms with Crippen LogP contribution in [0.25, 0.3) is 11.4 Å². The minimum absolute atomic E-state index is 0.0519. The zero-order valence-electron chi connectivity index (χ0n) is 16.6. The van der Waals surface area contributed by atoms with Crippen molar-refractivity contribution in [3.63, 3.8) is 0 Å². The van der Waals surface area contributed by atoms with Crippen LogP contribution in [0, 0.1) is 0 Å². The summed E-state index contributed by atoms with van der Waals surface area (Å²) in [6.07, 6.45) is 1.21. The Labute approximate surface area is 175 Å². The minimum Gasteiger partial charge on any atom is -0.342 e. The number of hydrogen-bond donors (Lipinski definition) is 0. The van der Waals surface area contributed by atoms with Gasteiger partial charge in [0.25, 0.3) is 0 Å². The lowest BCUT2D eigenvalue weighted by molar-refractivity contribution is -0.127. The Kier molecular flexibility index (Phi) is 5.67. The van der Waals surface area contributed by atoms with E-state index in [9.17, 15) is 4.79 Å². The molecule has 0 spiro atoms. The number of rotatable bonds is 6. The predicted molar refractivity (Wildman–Crippen MR) is 113 cm³/mol. The molecule has 6 heteroatoms. The maximum Gasteiger partial charge on any atom is 0.232 e. The quantitative estimate of drug-likeness (QED) is 0.570. The van der Waals surface area contributed by atoms with Crippen LogP contribution in [0.4, 0.5) is 0 Å². The molecule has 1 fully saturated rings. The van der Waals surface area contributed by atoms with Crippen LogP contribution >= 0.6 is 11.6 Å². The highest BCUT2D eigenvalue weighted by Crippen LogP contribution is 2.29. The second-order valence-corrected chi connectivity index (χ2v) is 8.29. The van der Waals surface area contributed by atoms with Gasteiger partial charge in [0, 0.05) is 30.1 Å². The Morgan fingerprint density at radius 1 is 1.14 bits per heavy atom. The molecule has 0 N–H and O–H groups in total. The van der Waals surface area contributed by atoms with Crippen LogP contribution in [0.15, 0.2) is 53.1 Å².